The fourth-order valence-corrected chi connectivity index (χ4v) is 3.48. The molecule has 0 fully saturated rings. The Bertz CT molecular complexity index is 1150. The highest BCUT2D eigenvalue weighted by atomic mass is 35.5. The summed E-state index contributed by atoms with van der Waals surface area (Å²) in [6.07, 6.45) is 3.21. The van der Waals surface area contributed by atoms with E-state index in [1.54, 1.807) is 67.6 Å². The fourth-order valence-electron chi connectivity index (χ4n) is 3.30. The lowest BCUT2D eigenvalue weighted by Gasteiger charge is -2.14. The highest BCUT2D eigenvalue weighted by Crippen LogP contribution is 2.31. The first-order valence-electron chi connectivity index (χ1n) is 10.1. The van der Waals surface area contributed by atoms with Crippen molar-refractivity contribution in [2.45, 2.75) is 6.92 Å². The maximum atomic E-state index is 12.8. The number of esters is 1. The van der Waals surface area contributed by atoms with Crippen LogP contribution in [0, 0.1) is 0 Å². The molecule has 2 aromatic carbocycles. The van der Waals surface area contributed by atoms with Gasteiger partial charge in [-0.2, -0.15) is 0 Å². The van der Waals surface area contributed by atoms with Crippen molar-refractivity contribution < 1.29 is 23.9 Å². The molecule has 3 rings (SSSR count). The second-order valence-electron chi connectivity index (χ2n) is 7.10. The summed E-state index contributed by atoms with van der Waals surface area (Å²) in [6, 6.07) is 13.7. The summed E-state index contributed by atoms with van der Waals surface area (Å²) in [6.45, 7) is 5.44. The quantitative estimate of drug-likeness (QED) is 0.358. The van der Waals surface area contributed by atoms with Gasteiger partial charge in [0.2, 0.25) is 0 Å². The molecule has 0 spiro atoms. The number of benzene rings is 2. The van der Waals surface area contributed by atoms with Gasteiger partial charge in [-0.3, -0.25) is 9.59 Å². The Morgan fingerprint density at radius 1 is 1.15 bits per heavy atom. The zero-order chi connectivity index (χ0) is 24.0. The monoisotopic (exact) mass is 466 g/mol. The van der Waals surface area contributed by atoms with Crippen LogP contribution in [-0.2, 0) is 19.1 Å². The van der Waals surface area contributed by atoms with Gasteiger partial charge in [-0.15, -0.1) is 6.58 Å². The van der Waals surface area contributed by atoms with Crippen LogP contribution in [0.2, 0.25) is 5.02 Å². The molecule has 2 aromatic rings. The molecule has 1 N–H and O–H groups in total. The number of anilines is 1. The van der Waals surface area contributed by atoms with Crippen LogP contribution < -0.4 is 10.1 Å². The first-order chi connectivity index (χ1) is 15.8. The van der Waals surface area contributed by atoms with Crippen molar-refractivity contribution in [1.82, 2.24) is 4.90 Å². The summed E-state index contributed by atoms with van der Waals surface area (Å²) in [4.78, 5) is 38.7. The van der Waals surface area contributed by atoms with E-state index in [9.17, 15) is 14.4 Å². The van der Waals surface area contributed by atoms with Crippen molar-refractivity contribution in [3.8, 4) is 5.75 Å². The van der Waals surface area contributed by atoms with Gasteiger partial charge in [0.1, 0.15) is 5.75 Å². The third kappa shape index (κ3) is 5.51. The van der Waals surface area contributed by atoms with Gasteiger partial charge in [0.05, 0.1) is 29.0 Å². The summed E-state index contributed by atoms with van der Waals surface area (Å²) >= 11 is 6.03. The number of halogens is 1. The second kappa shape index (κ2) is 10.7. The molecule has 1 heterocycles. The smallest absolute Gasteiger partial charge is 0.340 e. The Morgan fingerprint density at radius 3 is 2.48 bits per heavy atom. The molecule has 1 aliphatic heterocycles. The van der Waals surface area contributed by atoms with Crippen LogP contribution in [0.5, 0.6) is 5.75 Å². The molecule has 0 aliphatic carbocycles. The molecule has 0 aromatic heterocycles. The standard InChI is InChI=1S/C25H23ClN2O5/c1-4-13-28-16(2)23(25(31)32-3)19(24(28)30)14-17-9-11-18(12-10-17)33-15-22(29)27-21-8-6-5-7-20(21)26/h4-12,14H,1,13,15H2,2-3H3,(H,27,29)/b19-14-. The van der Waals surface area contributed by atoms with Crippen LogP contribution in [0.15, 0.2) is 78.0 Å². The molecular formula is C25H23ClN2O5. The number of carbonyl (C=O) groups excluding carboxylic acids is 3. The maximum absolute atomic E-state index is 12.8. The van der Waals surface area contributed by atoms with Crippen molar-refractivity contribution >= 4 is 41.1 Å². The molecule has 0 unspecified atom stereocenters. The zero-order valence-corrected chi connectivity index (χ0v) is 19.0. The van der Waals surface area contributed by atoms with E-state index in [2.05, 4.69) is 11.9 Å². The number of hydrogen-bond acceptors (Lipinski definition) is 5. The Balaban J connectivity index is 1.71. The van der Waals surface area contributed by atoms with Crippen LogP contribution in [0.3, 0.4) is 0 Å². The third-order valence-electron chi connectivity index (χ3n) is 4.92. The number of carbonyl (C=O) groups is 3. The van der Waals surface area contributed by atoms with Gasteiger partial charge in [-0.05, 0) is 42.8 Å². The summed E-state index contributed by atoms with van der Waals surface area (Å²) < 4.78 is 10.4. The molecule has 0 saturated heterocycles. The Kier molecular flexibility index (Phi) is 7.69. The average Bonchev–Trinajstić information content (AvgIpc) is 3.04. The number of para-hydroxylation sites is 1. The summed E-state index contributed by atoms with van der Waals surface area (Å²) in [7, 11) is 1.27. The molecular weight excluding hydrogens is 444 g/mol. The first-order valence-corrected chi connectivity index (χ1v) is 10.4. The van der Waals surface area contributed by atoms with Gasteiger partial charge < -0.3 is 19.7 Å². The Hall–Kier alpha value is -3.84. The molecule has 0 saturated carbocycles. The third-order valence-corrected chi connectivity index (χ3v) is 5.25. The van der Waals surface area contributed by atoms with E-state index in [0.29, 0.717) is 27.7 Å². The second-order valence-corrected chi connectivity index (χ2v) is 7.51. The van der Waals surface area contributed by atoms with E-state index in [1.165, 1.54) is 12.0 Å². The lowest BCUT2D eigenvalue weighted by atomic mass is 10.0. The molecule has 7 nitrogen and oxygen atoms in total. The minimum atomic E-state index is -0.580. The van der Waals surface area contributed by atoms with E-state index >= 15 is 0 Å². The van der Waals surface area contributed by atoms with Gasteiger partial charge in [0.15, 0.2) is 6.61 Å². The maximum Gasteiger partial charge on any atom is 0.340 e. The van der Waals surface area contributed by atoms with E-state index in [-0.39, 0.29) is 36.1 Å². The number of hydrogen-bond donors (Lipinski definition) is 1. The number of ether oxygens (including phenoxy) is 2. The Morgan fingerprint density at radius 2 is 1.85 bits per heavy atom. The first kappa shape index (κ1) is 23.8. The normalized spacial score (nSPS) is 14.5. The summed E-state index contributed by atoms with van der Waals surface area (Å²) in [5.41, 5.74) is 2.17. The van der Waals surface area contributed by atoms with Crippen molar-refractivity contribution in [3.05, 3.63) is 88.6 Å². The van der Waals surface area contributed by atoms with Crippen molar-refractivity contribution in [2.75, 3.05) is 25.6 Å². The van der Waals surface area contributed by atoms with Crippen molar-refractivity contribution in [1.29, 1.82) is 0 Å². The molecule has 0 atom stereocenters. The van der Waals surface area contributed by atoms with Gasteiger partial charge in [-0.1, -0.05) is 41.9 Å². The topological polar surface area (TPSA) is 84.9 Å². The predicted octanol–water partition coefficient (Wildman–Crippen LogP) is 4.22. The number of rotatable bonds is 8. The molecule has 0 radical (unpaired) electrons. The van der Waals surface area contributed by atoms with Crippen LogP contribution in [0.4, 0.5) is 5.69 Å². The number of nitrogens with one attached hydrogen (secondary N) is 1. The van der Waals surface area contributed by atoms with E-state index in [4.69, 9.17) is 21.1 Å². The van der Waals surface area contributed by atoms with Crippen LogP contribution in [-0.4, -0.2) is 42.9 Å². The Labute approximate surface area is 196 Å². The van der Waals surface area contributed by atoms with Crippen molar-refractivity contribution in [2.24, 2.45) is 0 Å². The van der Waals surface area contributed by atoms with Crippen LogP contribution in [0.25, 0.3) is 6.08 Å². The lowest BCUT2D eigenvalue weighted by Crippen LogP contribution is -2.24. The lowest BCUT2D eigenvalue weighted by molar-refractivity contribution is -0.136. The highest BCUT2D eigenvalue weighted by molar-refractivity contribution is 6.33. The van der Waals surface area contributed by atoms with Gasteiger partial charge in [0.25, 0.3) is 11.8 Å². The fraction of sp³-hybridized carbons (Fsp3) is 0.160. The van der Waals surface area contributed by atoms with Gasteiger partial charge in [-0.25, -0.2) is 4.79 Å². The average molecular weight is 467 g/mol. The molecule has 1 aliphatic rings. The predicted molar refractivity (Wildman–Crippen MR) is 127 cm³/mol. The minimum absolute atomic E-state index is 0.199. The molecule has 2 amide bonds. The van der Waals surface area contributed by atoms with Gasteiger partial charge >= 0.3 is 5.97 Å². The number of methoxy groups -OCH3 is 1. The summed E-state index contributed by atoms with van der Waals surface area (Å²) in [5.74, 6) is -0.763. The summed E-state index contributed by atoms with van der Waals surface area (Å²) in [5, 5.41) is 3.12. The molecule has 0 bridgehead atoms. The van der Waals surface area contributed by atoms with E-state index in [1.807, 2.05) is 0 Å². The molecule has 33 heavy (non-hydrogen) atoms. The van der Waals surface area contributed by atoms with Crippen LogP contribution >= 0.6 is 11.6 Å². The van der Waals surface area contributed by atoms with Gasteiger partial charge in [0, 0.05) is 12.2 Å². The van der Waals surface area contributed by atoms with E-state index in [0.717, 1.165) is 0 Å². The number of amides is 2. The minimum Gasteiger partial charge on any atom is -0.484 e. The number of allylic oxidation sites excluding steroid dienone is 1. The molecule has 8 heteroatoms. The molecule has 170 valence electrons. The van der Waals surface area contributed by atoms with E-state index < -0.39 is 5.97 Å². The SMILES string of the molecule is C=CCN1C(=O)/C(=C\c2ccc(OCC(=O)Nc3ccccc3Cl)cc2)C(C(=O)OC)=C1C. The zero-order valence-electron chi connectivity index (χ0n) is 18.3. The van der Waals surface area contributed by atoms with Crippen molar-refractivity contribution in [3.63, 3.8) is 0 Å². The van der Waals surface area contributed by atoms with Crippen LogP contribution in [0.1, 0.15) is 12.5 Å². The number of nitrogens with zero attached hydrogens (tertiary/aromatic N) is 1. The largest absolute Gasteiger partial charge is 0.484 e. The highest BCUT2D eigenvalue weighted by Gasteiger charge is 2.36.